The fourth-order valence-electron chi connectivity index (χ4n) is 3.76. The molecule has 0 fully saturated rings. The quantitative estimate of drug-likeness (QED) is 0.308. The minimum atomic E-state index is 0.187. The van der Waals surface area contributed by atoms with Gasteiger partial charge in [-0.05, 0) is 48.4 Å². The second-order valence-electron chi connectivity index (χ2n) is 7.58. The highest BCUT2D eigenvalue weighted by Crippen LogP contribution is 2.30. The Hall–Kier alpha value is -2.42. The molecular weight excluding hydrogens is 344 g/mol. The molecule has 0 aliphatic rings. The third-order valence-corrected chi connectivity index (χ3v) is 5.35. The van der Waals surface area contributed by atoms with Gasteiger partial charge in [0, 0.05) is 23.8 Å². The lowest BCUT2D eigenvalue weighted by molar-refractivity contribution is 0.304. The van der Waals surface area contributed by atoms with Crippen LogP contribution in [0.3, 0.4) is 0 Å². The highest BCUT2D eigenvalue weighted by Gasteiger charge is 2.18. The summed E-state index contributed by atoms with van der Waals surface area (Å²) in [7, 11) is 0. The first-order valence-electron chi connectivity index (χ1n) is 10.9. The second kappa shape index (κ2) is 11.4. The van der Waals surface area contributed by atoms with E-state index in [1.54, 1.807) is 0 Å². The zero-order valence-corrected chi connectivity index (χ0v) is 17.1. The minimum Gasteiger partial charge on any atom is -0.494 e. The summed E-state index contributed by atoms with van der Waals surface area (Å²) in [6.07, 6.45) is 14.6. The van der Waals surface area contributed by atoms with Crippen LogP contribution in [-0.4, -0.2) is 16.6 Å². The van der Waals surface area contributed by atoms with E-state index < -0.39 is 0 Å². The molecule has 3 heteroatoms. The lowest BCUT2D eigenvalue weighted by Crippen LogP contribution is -2.04. The summed E-state index contributed by atoms with van der Waals surface area (Å²) in [5.41, 5.74) is 3.63. The van der Waals surface area contributed by atoms with E-state index in [9.17, 15) is 0 Å². The Balaban J connectivity index is 1.45. The van der Waals surface area contributed by atoms with E-state index in [1.807, 2.05) is 24.5 Å². The first-order chi connectivity index (χ1) is 13.9. The van der Waals surface area contributed by atoms with Crippen LogP contribution in [0.2, 0.25) is 0 Å². The van der Waals surface area contributed by atoms with Crippen molar-refractivity contribution in [2.24, 2.45) is 0 Å². The molecule has 0 unspecified atom stereocenters. The summed E-state index contributed by atoms with van der Waals surface area (Å²) >= 11 is 0. The third kappa shape index (κ3) is 6.05. The van der Waals surface area contributed by atoms with Crippen molar-refractivity contribution in [1.29, 1.82) is 0 Å². The van der Waals surface area contributed by atoms with E-state index in [4.69, 9.17) is 4.74 Å². The largest absolute Gasteiger partial charge is 0.494 e. The van der Waals surface area contributed by atoms with Gasteiger partial charge in [0.15, 0.2) is 0 Å². The Kier molecular flexibility index (Phi) is 8.29. The number of nitrogens with one attached hydrogen (secondary N) is 2. The third-order valence-electron chi connectivity index (χ3n) is 5.35. The topological polar surface area (TPSA) is 40.8 Å². The van der Waals surface area contributed by atoms with Crippen molar-refractivity contribution in [3.05, 3.63) is 77.9 Å². The number of ether oxygens (including phenoxy) is 1. The van der Waals surface area contributed by atoms with Gasteiger partial charge in [-0.2, -0.15) is 0 Å². The summed E-state index contributed by atoms with van der Waals surface area (Å²) in [5.74, 6) is 1.15. The zero-order valence-electron chi connectivity index (χ0n) is 17.1. The predicted octanol–water partition coefficient (Wildman–Crippen LogP) is 7.04. The van der Waals surface area contributed by atoms with Gasteiger partial charge in [-0.25, -0.2) is 0 Å². The molecule has 2 heterocycles. The molecule has 0 amide bonds. The van der Waals surface area contributed by atoms with Crippen LogP contribution in [0.15, 0.2) is 60.9 Å². The van der Waals surface area contributed by atoms with Crippen molar-refractivity contribution >= 4 is 0 Å². The van der Waals surface area contributed by atoms with E-state index >= 15 is 0 Å². The van der Waals surface area contributed by atoms with Crippen LogP contribution in [0.4, 0.5) is 0 Å². The van der Waals surface area contributed by atoms with Gasteiger partial charge < -0.3 is 14.7 Å². The molecule has 0 radical (unpaired) electrons. The number of benzene rings is 1. The van der Waals surface area contributed by atoms with Gasteiger partial charge >= 0.3 is 0 Å². The molecular formula is C25H34N2O. The molecule has 2 aromatic heterocycles. The van der Waals surface area contributed by atoms with E-state index in [0.29, 0.717) is 0 Å². The molecule has 0 atom stereocenters. The summed E-state index contributed by atoms with van der Waals surface area (Å²) < 4.78 is 5.95. The number of unbranched alkanes of at least 4 members (excludes halogenated alkanes) is 7. The maximum absolute atomic E-state index is 5.95. The molecule has 3 rings (SSSR count). The number of rotatable bonds is 13. The molecule has 2 N–H and O–H groups in total. The summed E-state index contributed by atoms with van der Waals surface area (Å²) in [6, 6.07) is 16.9. The Morgan fingerprint density at radius 3 is 1.82 bits per heavy atom. The number of H-pyrrole nitrogens is 2. The fourth-order valence-corrected chi connectivity index (χ4v) is 3.76. The molecule has 150 valence electrons. The van der Waals surface area contributed by atoms with Gasteiger partial charge in [-0.15, -0.1) is 0 Å². The minimum absolute atomic E-state index is 0.187. The van der Waals surface area contributed by atoms with Gasteiger partial charge in [-0.1, -0.05) is 64.0 Å². The monoisotopic (exact) mass is 378 g/mol. The maximum atomic E-state index is 5.95. The van der Waals surface area contributed by atoms with Crippen LogP contribution < -0.4 is 4.74 Å². The molecule has 28 heavy (non-hydrogen) atoms. The lowest BCUT2D eigenvalue weighted by atomic mass is 9.92. The van der Waals surface area contributed by atoms with Crippen LogP contribution in [0, 0.1) is 0 Å². The smallest absolute Gasteiger partial charge is 0.119 e. The molecule has 0 bridgehead atoms. The number of aromatic nitrogens is 2. The van der Waals surface area contributed by atoms with Gasteiger partial charge in [-0.3, -0.25) is 0 Å². The van der Waals surface area contributed by atoms with Crippen molar-refractivity contribution in [3.63, 3.8) is 0 Å². The Labute approximate surface area is 169 Å². The normalized spacial score (nSPS) is 11.2. The number of aromatic amines is 2. The molecule has 3 nitrogen and oxygen atoms in total. The van der Waals surface area contributed by atoms with Crippen molar-refractivity contribution in [1.82, 2.24) is 9.97 Å². The van der Waals surface area contributed by atoms with Gasteiger partial charge in [0.2, 0.25) is 0 Å². The predicted molar refractivity (Wildman–Crippen MR) is 117 cm³/mol. The summed E-state index contributed by atoms with van der Waals surface area (Å²) in [4.78, 5) is 6.71. The van der Waals surface area contributed by atoms with Crippen molar-refractivity contribution < 1.29 is 4.74 Å². The fraction of sp³-hybridized carbons (Fsp3) is 0.440. The van der Waals surface area contributed by atoms with E-state index in [1.165, 1.54) is 61.9 Å². The first kappa shape index (κ1) is 20.3. The SMILES string of the molecule is CCCCCCCCCCOc1ccc(C(c2ccc[nH]2)c2ccc[nH]2)cc1. The van der Waals surface area contributed by atoms with Crippen LogP contribution in [-0.2, 0) is 0 Å². The molecule has 1 aromatic carbocycles. The highest BCUT2D eigenvalue weighted by atomic mass is 16.5. The Morgan fingerprint density at radius 1 is 0.714 bits per heavy atom. The second-order valence-corrected chi connectivity index (χ2v) is 7.58. The van der Waals surface area contributed by atoms with E-state index in [2.05, 4.69) is 53.3 Å². The lowest BCUT2D eigenvalue weighted by Gasteiger charge is -2.16. The van der Waals surface area contributed by atoms with Crippen molar-refractivity contribution in [2.75, 3.05) is 6.61 Å². The molecule has 0 aliphatic carbocycles. The first-order valence-corrected chi connectivity index (χ1v) is 10.9. The van der Waals surface area contributed by atoms with Crippen LogP contribution in [0.1, 0.15) is 81.2 Å². The zero-order chi connectivity index (χ0) is 19.4. The highest BCUT2D eigenvalue weighted by molar-refractivity contribution is 5.40. The summed E-state index contributed by atoms with van der Waals surface area (Å²) in [5, 5.41) is 0. The summed E-state index contributed by atoms with van der Waals surface area (Å²) in [6.45, 7) is 3.08. The van der Waals surface area contributed by atoms with Crippen LogP contribution in [0.25, 0.3) is 0 Å². The van der Waals surface area contributed by atoms with E-state index in [-0.39, 0.29) is 5.92 Å². The molecule has 0 saturated heterocycles. The van der Waals surface area contributed by atoms with Gasteiger partial charge in [0.1, 0.15) is 5.75 Å². The van der Waals surface area contributed by atoms with E-state index in [0.717, 1.165) is 18.8 Å². The van der Waals surface area contributed by atoms with Gasteiger partial charge in [0.25, 0.3) is 0 Å². The molecule has 3 aromatic rings. The molecule has 0 spiro atoms. The average molecular weight is 379 g/mol. The average Bonchev–Trinajstić information content (AvgIpc) is 3.43. The number of hydrogen-bond acceptors (Lipinski definition) is 1. The standard InChI is InChI=1S/C25H34N2O/c1-2-3-4-5-6-7-8-9-20-28-22-16-14-21(15-17-22)25(23-12-10-18-26-23)24-13-11-19-27-24/h10-19,25-27H,2-9,20H2,1H3. The molecule has 0 saturated carbocycles. The van der Waals surface area contributed by atoms with Crippen LogP contribution >= 0.6 is 0 Å². The maximum Gasteiger partial charge on any atom is 0.119 e. The van der Waals surface area contributed by atoms with Gasteiger partial charge in [0.05, 0.1) is 12.5 Å². The Morgan fingerprint density at radius 2 is 1.29 bits per heavy atom. The number of hydrogen-bond donors (Lipinski definition) is 2. The van der Waals surface area contributed by atoms with Crippen molar-refractivity contribution in [3.8, 4) is 5.75 Å². The van der Waals surface area contributed by atoms with Crippen LogP contribution in [0.5, 0.6) is 5.75 Å². The van der Waals surface area contributed by atoms with Crippen molar-refractivity contribution in [2.45, 2.75) is 64.2 Å². The Bertz CT molecular complexity index is 710. The molecule has 0 aliphatic heterocycles.